The fourth-order valence-corrected chi connectivity index (χ4v) is 3.79. The van der Waals surface area contributed by atoms with Crippen molar-refractivity contribution < 1.29 is 9.53 Å². The van der Waals surface area contributed by atoms with Crippen LogP contribution in [-0.2, 0) is 9.53 Å². The summed E-state index contributed by atoms with van der Waals surface area (Å²) in [5, 5.41) is 6.74. The molecule has 1 amide bonds. The van der Waals surface area contributed by atoms with Crippen molar-refractivity contribution in [1.29, 1.82) is 0 Å². The van der Waals surface area contributed by atoms with Gasteiger partial charge < -0.3 is 20.3 Å². The minimum Gasteiger partial charge on any atom is -0.379 e. The van der Waals surface area contributed by atoms with Gasteiger partial charge in [0, 0.05) is 45.3 Å². The fourth-order valence-electron chi connectivity index (χ4n) is 3.79. The van der Waals surface area contributed by atoms with Crippen molar-refractivity contribution in [3.63, 3.8) is 0 Å². The molecule has 0 radical (unpaired) electrons. The van der Waals surface area contributed by atoms with Gasteiger partial charge in [-0.1, -0.05) is 13.8 Å². The molecule has 2 saturated heterocycles. The second-order valence-electron chi connectivity index (χ2n) is 7.95. The van der Waals surface area contributed by atoms with Gasteiger partial charge in [-0.05, 0) is 38.5 Å². The maximum atomic E-state index is 12.4. The van der Waals surface area contributed by atoms with Crippen LogP contribution < -0.4 is 10.6 Å². The number of rotatable bonds is 8. The number of ether oxygens (including phenoxy) is 1. The predicted molar refractivity (Wildman–Crippen MR) is 125 cm³/mol. The van der Waals surface area contributed by atoms with Crippen molar-refractivity contribution >= 4 is 35.8 Å². The van der Waals surface area contributed by atoms with Gasteiger partial charge in [-0.3, -0.25) is 9.69 Å². The first kappa shape index (κ1) is 25.4. The van der Waals surface area contributed by atoms with Crippen LogP contribution in [0.4, 0.5) is 0 Å². The highest BCUT2D eigenvalue weighted by Gasteiger charge is 2.22. The lowest BCUT2D eigenvalue weighted by Gasteiger charge is -2.35. The van der Waals surface area contributed by atoms with Crippen molar-refractivity contribution in [1.82, 2.24) is 20.4 Å². The van der Waals surface area contributed by atoms with Crippen LogP contribution >= 0.6 is 24.0 Å². The van der Waals surface area contributed by atoms with E-state index < -0.39 is 0 Å². The molecule has 2 N–H and O–H groups in total. The van der Waals surface area contributed by atoms with Crippen LogP contribution in [0.1, 0.15) is 46.5 Å². The van der Waals surface area contributed by atoms with Gasteiger partial charge in [0.1, 0.15) is 6.54 Å². The summed E-state index contributed by atoms with van der Waals surface area (Å²) < 4.78 is 5.50. The zero-order chi connectivity index (χ0) is 19.5. The third-order valence-electron chi connectivity index (χ3n) is 5.24. The number of likely N-dealkylation sites (tertiary alicyclic amines) is 1. The third kappa shape index (κ3) is 9.26. The summed E-state index contributed by atoms with van der Waals surface area (Å²) in [5.41, 5.74) is 0. The van der Waals surface area contributed by atoms with E-state index in [2.05, 4.69) is 41.3 Å². The molecule has 28 heavy (non-hydrogen) atoms. The summed E-state index contributed by atoms with van der Waals surface area (Å²) in [4.78, 5) is 21.4. The number of morpholine rings is 1. The number of aliphatic imine (C=N–C) groups is 1. The van der Waals surface area contributed by atoms with Crippen LogP contribution in [0, 0.1) is 5.92 Å². The second kappa shape index (κ2) is 14.4. The average molecular weight is 509 g/mol. The minimum atomic E-state index is 0. The molecule has 0 aromatic carbocycles. The lowest BCUT2D eigenvalue weighted by molar-refractivity contribution is -0.130. The number of amides is 1. The van der Waals surface area contributed by atoms with Crippen molar-refractivity contribution in [2.75, 3.05) is 59.0 Å². The fraction of sp³-hybridized carbons (Fsp3) is 0.900. The Labute approximate surface area is 188 Å². The predicted octanol–water partition coefficient (Wildman–Crippen LogP) is 1.92. The summed E-state index contributed by atoms with van der Waals surface area (Å²) in [6.07, 6.45) is 4.60. The van der Waals surface area contributed by atoms with Crippen LogP contribution in [0.15, 0.2) is 4.99 Å². The molecule has 0 spiro atoms. The van der Waals surface area contributed by atoms with Gasteiger partial charge in [0.2, 0.25) is 5.91 Å². The van der Waals surface area contributed by atoms with Gasteiger partial charge in [0.05, 0.1) is 13.2 Å². The smallest absolute Gasteiger partial charge is 0.244 e. The van der Waals surface area contributed by atoms with Gasteiger partial charge in [-0.25, -0.2) is 4.99 Å². The molecular formula is C20H40IN5O2. The van der Waals surface area contributed by atoms with Gasteiger partial charge in [-0.2, -0.15) is 0 Å². The van der Waals surface area contributed by atoms with E-state index in [-0.39, 0.29) is 36.4 Å². The number of hydrogen-bond acceptors (Lipinski definition) is 4. The summed E-state index contributed by atoms with van der Waals surface area (Å²) >= 11 is 0. The minimum absolute atomic E-state index is 0. The Kier molecular flexibility index (Phi) is 13.1. The molecule has 8 heteroatoms. The van der Waals surface area contributed by atoms with Gasteiger partial charge >= 0.3 is 0 Å². The molecule has 2 aliphatic rings. The van der Waals surface area contributed by atoms with Gasteiger partial charge in [0.25, 0.3) is 0 Å². The highest BCUT2D eigenvalue weighted by atomic mass is 127. The molecular weight excluding hydrogens is 469 g/mol. The monoisotopic (exact) mass is 509 g/mol. The molecule has 7 nitrogen and oxygen atoms in total. The Morgan fingerprint density at radius 3 is 2.36 bits per heavy atom. The average Bonchev–Trinajstić information content (AvgIpc) is 2.69. The van der Waals surface area contributed by atoms with Gasteiger partial charge in [0.15, 0.2) is 5.96 Å². The van der Waals surface area contributed by atoms with E-state index in [1.54, 1.807) is 0 Å². The van der Waals surface area contributed by atoms with Crippen LogP contribution in [-0.4, -0.2) is 86.7 Å². The number of nitrogens with one attached hydrogen (secondary N) is 2. The van der Waals surface area contributed by atoms with E-state index in [0.717, 1.165) is 77.7 Å². The summed E-state index contributed by atoms with van der Waals surface area (Å²) in [7, 11) is 0. The van der Waals surface area contributed by atoms with E-state index in [1.165, 1.54) is 6.42 Å². The summed E-state index contributed by atoms with van der Waals surface area (Å²) in [5.74, 6) is 1.52. The Balaban J connectivity index is 0.00000392. The molecule has 0 saturated carbocycles. The molecule has 2 fully saturated rings. The molecule has 1 unspecified atom stereocenters. The van der Waals surface area contributed by atoms with Crippen LogP contribution in [0.5, 0.6) is 0 Å². The molecule has 0 aromatic rings. The SMILES string of the molecule is CCNC(=NCC(=O)N1CCCCC1)NCC(CC(C)C)N1CCOCC1.I. The number of halogens is 1. The Morgan fingerprint density at radius 1 is 1.07 bits per heavy atom. The lowest BCUT2D eigenvalue weighted by Crippen LogP contribution is -2.51. The van der Waals surface area contributed by atoms with Crippen LogP contribution in [0.25, 0.3) is 0 Å². The number of guanidine groups is 1. The molecule has 164 valence electrons. The highest BCUT2D eigenvalue weighted by molar-refractivity contribution is 14.0. The highest BCUT2D eigenvalue weighted by Crippen LogP contribution is 2.13. The van der Waals surface area contributed by atoms with E-state index in [4.69, 9.17) is 4.74 Å². The quantitative estimate of drug-likeness (QED) is 0.297. The topological polar surface area (TPSA) is 69.2 Å². The lowest BCUT2D eigenvalue weighted by atomic mass is 10.0. The second-order valence-corrected chi connectivity index (χ2v) is 7.95. The molecule has 1 atom stereocenters. The van der Waals surface area contributed by atoms with Crippen molar-refractivity contribution in [2.45, 2.75) is 52.5 Å². The molecule has 0 bridgehead atoms. The van der Waals surface area contributed by atoms with Crippen LogP contribution in [0.3, 0.4) is 0 Å². The number of piperidine rings is 1. The Morgan fingerprint density at radius 2 is 1.75 bits per heavy atom. The molecule has 2 aliphatic heterocycles. The first-order valence-electron chi connectivity index (χ1n) is 10.7. The Hall–Kier alpha value is -0.610. The van der Waals surface area contributed by atoms with Crippen molar-refractivity contribution in [3.8, 4) is 0 Å². The number of nitrogens with zero attached hydrogens (tertiary/aromatic N) is 3. The van der Waals surface area contributed by atoms with E-state index in [9.17, 15) is 4.79 Å². The summed E-state index contributed by atoms with van der Waals surface area (Å²) in [6, 6.07) is 0.454. The first-order valence-corrected chi connectivity index (χ1v) is 10.7. The molecule has 0 aliphatic carbocycles. The van der Waals surface area contributed by atoms with E-state index >= 15 is 0 Å². The standard InChI is InChI=1S/C20H39N5O2.HI/c1-4-21-20(23-16-19(26)25-8-6-5-7-9-25)22-15-18(14-17(2)3)24-10-12-27-13-11-24;/h17-18H,4-16H2,1-3H3,(H2,21,22,23);1H. The zero-order valence-corrected chi connectivity index (χ0v) is 20.2. The molecule has 2 rings (SSSR count). The maximum Gasteiger partial charge on any atom is 0.244 e. The number of carbonyl (C=O) groups is 1. The number of carbonyl (C=O) groups excluding carboxylic acids is 1. The first-order chi connectivity index (χ1) is 13.1. The van der Waals surface area contributed by atoms with E-state index in [0.29, 0.717) is 12.0 Å². The van der Waals surface area contributed by atoms with Crippen molar-refractivity contribution in [3.05, 3.63) is 0 Å². The molecule has 2 heterocycles. The normalized spacial score (nSPS) is 19.9. The maximum absolute atomic E-state index is 12.4. The zero-order valence-electron chi connectivity index (χ0n) is 17.9. The van der Waals surface area contributed by atoms with Gasteiger partial charge in [-0.15, -0.1) is 24.0 Å². The van der Waals surface area contributed by atoms with E-state index in [1.807, 2.05) is 4.90 Å². The third-order valence-corrected chi connectivity index (χ3v) is 5.24. The van der Waals surface area contributed by atoms with Crippen molar-refractivity contribution in [2.24, 2.45) is 10.9 Å². The largest absolute Gasteiger partial charge is 0.379 e. The summed E-state index contributed by atoms with van der Waals surface area (Å²) in [6.45, 7) is 13.8. The number of hydrogen-bond donors (Lipinski definition) is 2. The molecule has 0 aromatic heterocycles. The van der Waals surface area contributed by atoms with Crippen LogP contribution in [0.2, 0.25) is 0 Å². The Bertz CT molecular complexity index is 464.